The fraction of sp³-hybridized carbons (Fsp3) is 0.500. The lowest BCUT2D eigenvalue weighted by molar-refractivity contribution is -0.136. The minimum absolute atomic E-state index is 0.0430. The number of hydrogen-bond donors (Lipinski definition) is 2. The van der Waals surface area contributed by atoms with E-state index in [1.807, 2.05) is 6.92 Å². The van der Waals surface area contributed by atoms with E-state index in [4.69, 9.17) is 23.2 Å². The first-order valence-corrected chi connectivity index (χ1v) is 9.40. The van der Waals surface area contributed by atoms with Crippen molar-refractivity contribution >= 4 is 46.7 Å². The highest BCUT2D eigenvalue weighted by Crippen LogP contribution is 2.38. The first kappa shape index (κ1) is 19.0. The number of anilines is 1. The second-order valence-electron chi connectivity index (χ2n) is 7.04. The number of imide groups is 1. The number of benzene rings is 1. The van der Waals surface area contributed by atoms with E-state index in [0.29, 0.717) is 16.5 Å². The van der Waals surface area contributed by atoms with Gasteiger partial charge >= 0.3 is 6.03 Å². The van der Waals surface area contributed by atoms with Crippen LogP contribution in [0.3, 0.4) is 0 Å². The Bertz CT molecular complexity index is 783. The Morgan fingerprint density at radius 3 is 2.77 bits per heavy atom. The molecule has 2 N–H and O–H groups in total. The minimum Gasteiger partial charge on any atom is -0.323 e. The highest BCUT2D eigenvalue weighted by molar-refractivity contribution is 6.40. The van der Waals surface area contributed by atoms with E-state index >= 15 is 0 Å². The van der Waals surface area contributed by atoms with Gasteiger partial charge in [-0.3, -0.25) is 14.5 Å². The molecule has 6 nitrogen and oxygen atoms in total. The average molecular weight is 398 g/mol. The van der Waals surface area contributed by atoms with Crippen molar-refractivity contribution in [1.29, 1.82) is 0 Å². The predicted octanol–water partition coefficient (Wildman–Crippen LogP) is 3.74. The number of aryl methyl sites for hydroxylation is 1. The van der Waals surface area contributed by atoms with Crippen molar-refractivity contribution in [2.75, 3.05) is 11.9 Å². The van der Waals surface area contributed by atoms with Crippen LogP contribution in [-0.4, -0.2) is 34.8 Å². The summed E-state index contributed by atoms with van der Waals surface area (Å²) >= 11 is 12.3. The summed E-state index contributed by atoms with van der Waals surface area (Å²) in [5, 5.41) is 6.07. The van der Waals surface area contributed by atoms with E-state index in [2.05, 4.69) is 10.6 Å². The first-order chi connectivity index (χ1) is 12.3. The van der Waals surface area contributed by atoms with Crippen LogP contribution in [-0.2, 0) is 9.59 Å². The molecule has 4 amide bonds. The quantitative estimate of drug-likeness (QED) is 0.762. The van der Waals surface area contributed by atoms with E-state index < -0.39 is 17.5 Å². The van der Waals surface area contributed by atoms with Gasteiger partial charge in [-0.2, -0.15) is 0 Å². The summed E-state index contributed by atoms with van der Waals surface area (Å²) in [7, 11) is 0. The second kappa shape index (κ2) is 7.08. The number of halogens is 2. The molecule has 1 saturated carbocycles. The smallest absolute Gasteiger partial charge is 0.323 e. The molecule has 8 heteroatoms. The van der Waals surface area contributed by atoms with E-state index in [-0.39, 0.29) is 24.1 Å². The highest BCUT2D eigenvalue weighted by atomic mass is 35.5. The van der Waals surface area contributed by atoms with Gasteiger partial charge in [-0.05, 0) is 37.3 Å². The molecule has 1 aromatic rings. The lowest BCUT2D eigenvalue weighted by Crippen LogP contribution is -2.54. The van der Waals surface area contributed by atoms with E-state index in [1.165, 1.54) is 0 Å². The van der Waals surface area contributed by atoms with Gasteiger partial charge in [0.25, 0.3) is 5.91 Å². The van der Waals surface area contributed by atoms with Crippen LogP contribution in [0.4, 0.5) is 10.5 Å². The summed E-state index contributed by atoms with van der Waals surface area (Å²) in [4.78, 5) is 38.6. The monoisotopic (exact) mass is 397 g/mol. The Kier molecular flexibility index (Phi) is 5.17. The summed E-state index contributed by atoms with van der Waals surface area (Å²) < 4.78 is 0. The summed E-state index contributed by atoms with van der Waals surface area (Å²) in [5.41, 5.74) is 0.163. The summed E-state index contributed by atoms with van der Waals surface area (Å²) in [5.74, 6) is -0.809. The van der Waals surface area contributed by atoms with Crippen LogP contribution in [0, 0.1) is 12.8 Å². The van der Waals surface area contributed by atoms with Crippen LogP contribution in [0.25, 0.3) is 0 Å². The Labute approximate surface area is 162 Å². The Morgan fingerprint density at radius 1 is 1.35 bits per heavy atom. The summed E-state index contributed by atoms with van der Waals surface area (Å²) in [6.07, 6.45) is 3.40. The Morgan fingerprint density at radius 2 is 2.08 bits per heavy atom. The molecule has 0 unspecified atom stereocenters. The average Bonchev–Trinajstić information content (AvgIpc) is 2.83. The van der Waals surface area contributed by atoms with E-state index in [1.54, 1.807) is 19.1 Å². The van der Waals surface area contributed by atoms with Gasteiger partial charge in [0.05, 0.1) is 15.7 Å². The minimum atomic E-state index is -0.881. The molecule has 1 heterocycles. The van der Waals surface area contributed by atoms with Gasteiger partial charge in [-0.25, -0.2) is 4.79 Å². The van der Waals surface area contributed by atoms with Gasteiger partial charge in [0.15, 0.2) is 0 Å². The zero-order valence-electron chi connectivity index (χ0n) is 14.7. The molecule has 26 heavy (non-hydrogen) atoms. The number of rotatable bonds is 3. The van der Waals surface area contributed by atoms with Crippen LogP contribution in [0.15, 0.2) is 12.1 Å². The van der Waals surface area contributed by atoms with Gasteiger partial charge in [-0.15, -0.1) is 0 Å². The topological polar surface area (TPSA) is 78.5 Å². The van der Waals surface area contributed by atoms with Crippen LogP contribution in [0.1, 0.15) is 38.2 Å². The van der Waals surface area contributed by atoms with Crippen LogP contribution in [0.5, 0.6) is 0 Å². The first-order valence-electron chi connectivity index (χ1n) is 8.65. The fourth-order valence-corrected chi connectivity index (χ4v) is 4.20. The molecule has 1 spiro atoms. The van der Waals surface area contributed by atoms with Gasteiger partial charge in [-0.1, -0.05) is 49.0 Å². The molecule has 140 valence electrons. The number of hydrogen-bond acceptors (Lipinski definition) is 3. The molecule has 1 aromatic carbocycles. The number of urea groups is 1. The molecule has 1 aliphatic heterocycles. The molecule has 2 atom stereocenters. The predicted molar refractivity (Wildman–Crippen MR) is 100 cm³/mol. The zero-order valence-corrected chi connectivity index (χ0v) is 16.2. The molecule has 3 rings (SSSR count). The summed E-state index contributed by atoms with van der Waals surface area (Å²) in [6.45, 7) is 3.38. The molecular weight excluding hydrogens is 377 g/mol. The molecule has 0 radical (unpaired) electrons. The number of nitrogens with one attached hydrogen (secondary N) is 2. The summed E-state index contributed by atoms with van der Waals surface area (Å²) in [6, 6.07) is 2.84. The van der Waals surface area contributed by atoms with Crippen LogP contribution >= 0.6 is 23.2 Å². The zero-order chi connectivity index (χ0) is 19.1. The van der Waals surface area contributed by atoms with E-state index in [0.717, 1.165) is 29.7 Å². The maximum Gasteiger partial charge on any atom is 0.325 e. The van der Waals surface area contributed by atoms with Crippen molar-refractivity contribution in [1.82, 2.24) is 10.2 Å². The van der Waals surface area contributed by atoms with Crippen molar-refractivity contribution in [3.63, 3.8) is 0 Å². The van der Waals surface area contributed by atoms with Crippen LogP contribution in [0.2, 0.25) is 10.0 Å². The third kappa shape index (κ3) is 3.16. The van der Waals surface area contributed by atoms with Gasteiger partial charge in [0.1, 0.15) is 12.1 Å². The normalized spacial score (nSPS) is 25.5. The SMILES string of the molecule is Cc1ccc(Cl)c(NC(=O)CN2C(=O)N[C@@]3(CCCC[C@H]3C)C2=O)c1Cl. The van der Waals surface area contributed by atoms with Crippen molar-refractivity contribution in [3.05, 3.63) is 27.7 Å². The Hall–Kier alpha value is -1.79. The van der Waals surface area contributed by atoms with Crippen molar-refractivity contribution in [2.45, 2.75) is 45.1 Å². The Balaban J connectivity index is 1.75. The van der Waals surface area contributed by atoms with Gasteiger partial charge in [0.2, 0.25) is 5.91 Å². The molecule has 0 aromatic heterocycles. The largest absolute Gasteiger partial charge is 0.325 e. The highest BCUT2D eigenvalue weighted by Gasteiger charge is 2.55. The third-order valence-corrected chi connectivity index (χ3v) is 6.15. The van der Waals surface area contributed by atoms with E-state index in [9.17, 15) is 14.4 Å². The molecule has 1 saturated heterocycles. The molecule has 2 aliphatic rings. The lowest BCUT2D eigenvalue weighted by atomic mass is 9.73. The fourth-order valence-electron chi connectivity index (χ4n) is 3.73. The standard InChI is InChI=1S/C18H21Cl2N3O3/c1-10-6-7-12(19)15(14(10)20)21-13(24)9-23-16(25)18(22-17(23)26)8-4-3-5-11(18)2/h6-7,11H,3-5,8-9H2,1-2H3,(H,21,24)(H,22,26)/t11-,18-/m1/s1. The molecular formula is C18H21Cl2N3O3. The van der Waals surface area contributed by atoms with Crippen molar-refractivity contribution < 1.29 is 14.4 Å². The number of nitrogens with zero attached hydrogens (tertiary/aromatic N) is 1. The maximum absolute atomic E-state index is 12.9. The molecule has 2 fully saturated rings. The number of amides is 4. The third-order valence-electron chi connectivity index (χ3n) is 5.35. The molecule has 1 aliphatic carbocycles. The molecule has 0 bridgehead atoms. The lowest BCUT2D eigenvalue weighted by Gasteiger charge is -2.36. The number of carbonyl (C=O) groups excluding carboxylic acids is 3. The van der Waals surface area contributed by atoms with Gasteiger partial charge in [0, 0.05) is 0 Å². The van der Waals surface area contributed by atoms with Crippen LogP contribution < -0.4 is 10.6 Å². The van der Waals surface area contributed by atoms with Crippen molar-refractivity contribution in [3.8, 4) is 0 Å². The maximum atomic E-state index is 12.9. The van der Waals surface area contributed by atoms with Gasteiger partial charge < -0.3 is 10.6 Å². The second-order valence-corrected chi connectivity index (χ2v) is 7.83. The van der Waals surface area contributed by atoms with Crippen molar-refractivity contribution in [2.24, 2.45) is 5.92 Å². The number of carbonyl (C=O) groups is 3.